The molecule has 0 amide bonds. The molecule has 20 heavy (non-hydrogen) atoms. The summed E-state index contributed by atoms with van der Waals surface area (Å²) in [7, 11) is 0. The molecule has 1 saturated heterocycles. The molecule has 0 radical (unpaired) electrons. The van der Waals surface area contributed by atoms with E-state index in [9.17, 15) is 15.0 Å². The first-order valence-electron chi connectivity index (χ1n) is 5.66. The maximum absolute atomic E-state index is 11.5. The van der Waals surface area contributed by atoms with Crippen LogP contribution in [0.2, 0.25) is 0 Å². The van der Waals surface area contributed by atoms with E-state index in [0.717, 1.165) is 0 Å². The fraction of sp³-hybridized carbons (Fsp3) is 0.500. The third-order valence-corrected chi connectivity index (χ3v) is 3.16. The van der Waals surface area contributed by atoms with Gasteiger partial charge in [-0.3, -0.25) is 9.36 Å². The van der Waals surface area contributed by atoms with Gasteiger partial charge in [-0.05, 0) is 0 Å². The molecule has 1 fully saturated rings. The molecule has 4 N–H and O–H groups in total. The molecule has 9 nitrogen and oxygen atoms in total. The van der Waals surface area contributed by atoms with Gasteiger partial charge in [0.25, 0.3) is 5.56 Å². The van der Waals surface area contributed by atoms with Crippen molar-refractivity contribution in [2.24, 2.45) is 0 Å². The van der Waals surface area contributed by atoms with Crippen LogP contribution in [0, 0.1) is 0 Å². The number of imidazole rings is 1. The number of ether oxygens (including phenoxy) is 1. The van der Waals surface area contributed by atoms with Crippen molar-refractivity contribution in [3.63, 3.8) is 0 Å². The van der Waals surface area contributed by atoms with Gasteiger partial charge in [-0.25, -0.2) is 9.97 Å². The number of rotatable bonds is 2. The number of aliphatic hydroxyl groups is 3. The van der Waals surface area contributed by atoms with Crippen LogP contribution in [0.4, 0.5) is 0 Å². The third-order valence-electron chi connectivity index (χ3n) is 3.16. The van der Waals surface area contributed by atoms with E-state index < -0.39 is 36.7 Å². The Morgan fingerprint density at radius 3 is 2.75 bits per heavy atom. The molecule has 3 rings (SSSR count). The van der Waals surface area contributed by atoms with Crippen LogP contribution in [-0.2, 0) is 24.2 Å². The van der Waals surface area contributed by atoms with Crippen molar-refractivity contribution in [3.8, 4) is 0 Å². The van der Waals surface area contributed by atoms with Crippen LogP contribution in [0.1, 0.15) is 6.23 Å². The Kier molecular flexibility index (Phi) is 4.31. The smallest absolute Gasteiger partial charge is 0.394 e. The van der Waals surface area contributed by atoms with Crippen molar-refractivity contribution in [1.82, 2.24) is 19.5 Å². The van der Waals surface area contributed by atoms with Crippen molar-refractivity contribution in [2.75, 3.05) is 6.61 Å². The van der Waals surface area contributed by atoms with Crippen molar-refractivity contribution in [2.45, 2.75) is 24.5 Å². The van der Waals surface area contributed by atoms with E-state index in [-0.39, 0.29) is 30.6 Å². The summed E-state index contributed by atoms with van der Waals surface area (Å²) < 4.78 is 6.70. The Bertz CT molecular complexity index is 658. The first-order chi connectivity index (χ1) is 9.13. The van der Waals surface area contributed by atoms with E-state index in [2.05, 4.69) is 15.0 Å². The molecular weight excluding hydrogens is 322 g/mol. The average Bonchev–Trinajstić information content (AvgIpc) is 2.94. The Balaban J connectivity index is 0.00000147. The molecule has 0 unspecified atom stereocenters. The number of hydrogen-bond donors (Lipinski definition) is 4. The van der Waals surface area contributed by atoms with Gasteiger partial charge < -0.3 is 25.0 Å². The molecule has 102 valence electrons. The molecule has 1 aliphatic rings. The normalized spacial score (nSPS) is 29.6. The largest absolute Gasteiger partial charge is 2.00 e. The van der Waals surface area contributed by atoms with Gasteiger partial charge in [0.1, 0.15) is 18.3 Å². The minimum absolute atomic E-state index is 0. The Morgan fingerprint density at radius 2 is 2.10 bits per heavy atom. The minimum Gasteiger partial charge on any atom is -0.394 e. The number of aliphatic hydroxyl groups excluding tert-OH is 3. The molecule has 0 spiro atoms. The summed E-state index contributed by atoms with van der Waals surface area (Å²) in [5.74, 6) is 0. The van der Waals surface area contributed by atoms with E-state index in [1.807, 2.05) is 0 Å². The molecule has 0 saturated carbocycles. The van der Waals surface area contributed by atoms with Gasteiger partial charge in [-0.1, -0.05) is 0 Å². The predicted molar refractivity (Wildman–Crippen MR) is 61.2 cm³/mol. The number of aromatic amines is 1. The van der Waals surface area contributed by atoms with E-state index in [4.69, 9.17) is 9.84 Å². The van der Waals surface area contributed by atoms with Crippen molar-refractivity contribution >= 4 is 11.2 Å². The van der Waals surface area contributed by atoms with E-state index in [0.29, 0.717) is 0 Å². The van der Waals surface area contributed by atoms with Crippen molar-refractivity contribution in [3.05, 3.63) is 23.0 Å². The van der Waals surface area contributed by atoms with Crippen LogP contribution in [0.3, 0.4) is 0 Å². The number of hydrogen-bond acceptors (Lipinski definition) is 7. The van der Waals surface area contributed by atoms with Crippen LogP contribution in [0.5, 0.6) is 0 Å². The first kappa shape index (κ1) is 15.2. The van der Waals surface area contributed by atoms with Crippen LogP contribution in [-0.4, -0.2) is 59.8 Å². The summed E-state index contributed by atoms with van der Waals surface area (Å²) >= 11 is 0. The van der Waals surface area contributed by atoms with Crippen LogP contribution in [0.25, 0.3) is 11.2 Å². The number of nitrogens with zero attached hydrogens (tertiary/aromatic N) is 3. The van der Waals surface area contributed by atoms with Gasteiger partial charge in [0, 0.05) is 0 Å². The van der Waals surface area contributed by atoms with Gasteiger partial charge >= 0.3 is 19.5 Å². The van der Waals surface area contributed by atoms with Gasteiger partial charge in [0.15, 0.2) is 17.4 Å². The summed E-state index contributed by atoms with van der Waals surface area (Å²) in [6, 6.07) is 0. The second kappa shape index (κ2) is 5.67. The molecule has 1 aliphatic heterocycles. The fourth-order valence-corrected chi connectivity index (χ4v) is 2.16. The van der Waals surface area contributed by atoms with Gasteiger partial charge in [-0.2, -0.15) is 0 Å². The Hall–Kier alpha value is -1.19. The van der Waals surface area contributed by atoms with Crippen molar-refractivity contribution < 1.29 is 39.5 Å². The number of nitrogens with one attached hydrogen (secondary N) is 1. The van der Waals surface area contributed by atoms with Crippen molar-refractivity contribution in [1.29, 1.82) is 0 Å². The summed E-state index contributed by atoms with van der Waals surface area (Å²) in [5, 5.41) is 28.6. The second-order valence-corrected chi connectivity index (χ2v) is 4.28. The maximum atomic E-state index is 11.5. The fourth-order valence-electron chi connectivity index (χ4n) is 2.16. The molecule has 10 heteroatoms. The second-order valence-electron chi connectivity index (χ2n) is 4.28. The minimum atomic E-state index is -1.24. The number of H-pyrrole nitrogens is 1. The van der Waals surface area contributed by atoms with Crippen LogP contribution >= 0.6 is 0 Å². The maximum Gasteiger partial charge on any atom is 2.00 e. The van der Waals surface area contributed by atoms with Gasteiger partial charge in [-0.15, -0.1) is 0 Å². The quantitative estimate of drug-likeness (QED) is 0.455. The topological polar surface area (TPSA) is 133 Å². The summed E-state index contributed by atoms with van der Waals surface area (Å²) in [6.07, 6.45) is -1.78. The molecule has 0 bridgehead atoms. The average molecular weight is 334 g/mol. The molecule has 3 heterocycles. The SMILES string of the molecule is O=c1[nH]cnc2c1ncn2[C@@H]1O[C@H](CO)[C@@H](O)[C@H]1O.[Zn+2]. The van der Waals surface area contributed by atoms with E-state index in [1.54, 1.807) is 0 Å². The molecule has 4 atom stereocenters. The summed E-state index contributed by atoms with van der Waals surface area (Å²) in [6.45, 7) is -0.421. The molecule has 2 aromatic rings. The monoisotopic (exact) mass is 332 g/mol. The predicted octanol–water partition coefficient (Wildman–Crippen LogP) is -2.27. The molecule has 0 aromatic carbocycles. The summed E-state index contributed by atoms with van der Waals surface area (Å²) in [4.78, 5) is 21.8. The molecule has 2 aromatic heterocycles. The zero-order valence-electron chi connectivity index (χ0n) is 10.4. The molecule has 0 aliphatic carbocycles. The van der Waals surface area contributed by atoms with E-state index >= 15 is 0 Å². The van der Waals surface area contributed by atoms with E-state index in [1.165, 1.54) is 17.2 Å². The first-order valence-corrected chi connectivity index (χ1v) is 5.66. The standard InChI is InChI=1S/C10H12N4O5.Zn/c15-1-4-6(16)7(17)10(19-4)14-3-13-5-8(14)11-2-12-9(5)18;/h2-4,6-7,10,15-17H,1H2,(H,11,12,18);/q;+2/t4-,6-,7-,10-;/m1./s1. The molecular formula is C10H12N4O5Zn+2. The third kappa shape index (κ3) is 2.19. The van der Waals surface area contributed by atoms with Crippen LogP contribution < -0.4 is 5.56 Å². The van der Waals surface area contributed by atoms with Crippen LogP contribution in [0.15, 0.2) is 17.4 Å². The van der Waals surface area contributed by atoms with Gasteiger partial charge in [0.05, 0.1) is 19.3 Å². The zero-order chi connectivity index (χ0) is 13.6. The number of fused-ring (bicyclic) bond motifs is 1. The summed E-state index contributed by atoms with van der Waals surface area (Å²) in [5.41, 5.74) is -0.0608. The Morgan fingerprint density at radius 1 is 1.35 bits per heavy atom. The Labute approximate surface area is 125 Å². The van der Waals surface area contributed by atoms with Gasteiger partial charge in [0.2, 0.25) is 0 Å². The number of aromatic nitrogens is 4. The zero-order valence-corrected chi connectivity index (χ0v) is 13.3.